The van der Waals surface area contributed by atoms with Gasteiger partial charge in [0.2, 0.25) is 0 Å². The molecule has 0 spiro atoms. The van der Waals surface area contributed by atoms with E-state index in [0.29, 0.717) is 43.3 Å². The highest BCUT2D eigenvalue weighted by molar-refractivity contribution is 5.98. The molecule has 2 saturated heterocycles. The van der Waals surface area contributed by atoms with Gasteiger partial charge in [-0.25, -0.2) is 0 Å². The largest absolute Gasteiger partial charge is 0.486 e. The highest BCUT2D eigenvalue weighted by atomic mass is 16.6. The van der Waals surface area contributed by atoms with Crippen LogP contribution in [0, 0.1) is 11.8 Å². The van der Waals surface area contributed by atoms with Crippen LogP contribution in [-0.2, 0) is 4.74 Å². The van der Waals surface area contributed by atoms with Crippen LogP contribution in [0.25, 0.3) is 0 Å². The first-order chi connectivity index (χ1) is 14.2. The van der Waals surface area contributed by atoms with Crippen molar-refractivity contribution in [1.82, 2.24) is 10.2 Å². The Hall–Kier alpha value is -1.83. The second-order valence-electron chi connectivity index (χ2n) is 8.77. The summed E-state index contributed by atoms with van der Waals surface area (Å²) in [5.41, 5.74) is 0.449. The molecule has 0 unspecified atom stereocenters. The van der Waals surface area contributed by atoms with Crippen LogP contribution in [-0.4, -0.2) is 73.6 Å². The zero-order valence-electron chi connectivity index (χ0n) is 16.7. The lowest BCUT2D eigenvalue weighted by atomic mass is 9.98. The van der Waals surface area contributed by atoms with E-state index in [2.05, 4.69) is 10.2 Å². The third-order valence-electron chi connectivity index (χ3n) is 6.92. The molecule has 0 radical (unpaired) electrons. The summed E-state index contributed by atoms with van der Waals surface area (Å²) in [6.45, 7) is 4.41. The molecule has 1 aromatic rings. The van der Waals surface area contributed by atoms with Gasteiger partial charge in [0.05, 0.1) is 17.7 Å². The SMILES string of the molecule is O=C(N[C@H]1CCO[C@H](CN2C[C@H]3CCC[C@H]3C2)[C@H]1O)c1cccc2c1OCCO2. The van der Waals surface area contributed by atoms with Crippen molar-refractivity contribution >= 4 is 5.91 Å². The van der Waals surface area contributed by atoms with Crippen LogP contribution in [0.4, 0.5) is 0 Å². The number of hydrogen-bond acceptors (Lipinski definition) is 6. The summed E-state index contributed by atoms with van der Waals surface area (Å²) in [7, 11) is 0. The minimum absolute atomic E-state index is 0.243. The van der Waals surface area contributed by atoms with Crippen LogP contribution in [0.15, 0.2) is 18.2 Å². The molecule has 7 nitrogen and oxygen atoms in total. The summed E-state index contributed by atoms with van der Waals surface area (Å²) in [5.74, 6) is 2.47. The van der Waals surface area contributed by atoms with Gasteiger partial charge < -0.3 is 29.5 Å². The number of amides is 1. The van der Waals surface area contributed by atoms with Gasteiger partial charge in [-0.2, -0.15) is 0 Å². The molecule has 2 N–H and O–H groups in total. The molecule has 1 aliphatic carbocycles. The van der Waals surface area contributed by atoms with Gasteiger partial charge in [0.25, 0.3) is 5.91 Å². The van der Waals surface area contributed by atoms with E-state index in [1.165, 1.54) is 19.3 Å². The maximum atomic E-state index is 12.9. The standard InChI is InChI=1S/C22H30N2O5/c25-20-17(23-22(26)16-5-2-6-18-21(16)29-10-9-28-18)7-8-27-19(20)13-24-11-14-3-1-4-15(14)12-24/h2,5-6,14-15,17,19-20,25H,1,3-4,7-13H2,(H,23,26)/t14-,15+,17-,19+,20-/m0/s1. The van der Waals surface area contributed by atoms with Gasteiger partial charge in [-0.05, 0) is 43.2 Å². The number of carbonyl (C=O) groups excluding carboxylic acids is 1. The average Bonchev–Trinajstić information content (AvgIpc) is 3.32. The lowest BCUT2D eigenvalue weighted by molar-refractivity contribution is -0.0982. The van der Waals surface area contributed by atoms with Gasteiger partial charge in [0, 0.05) is 26.2 Å². The van der Waals surface area contributed by atoms with Crippen molar-refractivity contribution in [3.8, 4) is 11.5 Å². The van der Waals surface area contributed by atoms with Crippen molar-refractivity contribution in [2.45, 2.75) is 43.9 Å². The highest BCUT2D eigenvalue weighted by Gasteiger charge is 2.40. The molecule has 29 heavy (non-hydrogen) atoms. The van der Waals surface area contributed by atoms with Gasteiger partial charge in [-0.3, -0.25) is 4.79 Å². The van der Waals surface area contributed by atoms with Crippen molar-refractivity contribution < 1.29 is 24.1 Å². The van der Waals surface area contributed by atoms with E-state index in [0.717, 1.165) is 31.5 Å². The number of ether oxygens (including phenoxy) is 3. The first kappa shape index (κ1) is 19.2. The molecule has 158 valence electrons. The number of rotatable bonds is 4. The van der Waals surface area contributed by atoms with Gasteiger partial charge in [0.15, 0.2) is 11.5 Å². The summed E-state index contributed by atoms with van der Waals surface area (Å²) in [4.78, 5) is 15.3. The summed E-state index contributed by atoms with van der Waals surface area (Å²) >= 11 is 0. The van der Waals surface area contributed by atoms with E-state index in [-0.39, 0.29) is 18.1 Å². The van der Waals surface area contributed by atoms with Crippen molar-refractivity contribution in [3.63, 3.8) is 0 Å². The van der Waals surface area contributed by atoms with Crippen LogP contribution in [0.1, 0.15) is 36.0 Å². The first-order valence-corrected chi connectivity index (χ1v) is 10.9. The smallest absolute Gasteiger partial charge is 0.255 e. The lowest BCUT2D eigenvalue weighted by Crippen LogP contribution is -2.56. The van der Waals surface area contributed by atoms with Crippen molar-refractivity contribution in [1.29, 1.82) is 0 Å². The molecule has 0 aromatic heterocycles. The fourth-order valence-corrected chi connectivity index (χ4v) is 5.43. The molecule has 0 bridgehead atoms. The van der Waals surface area contributed by atoms with E-state index < -0.39 is 6.10 Å². The Morgan fingerprint density at radius 1 is 1.10 bits per heavy atom. The van der Waals surface area contributed by atoms with Crippen molar-refractivity contribution in [2.75, 3.05) is 39.5 Å². The summed E-state index contributed by atoms with van der Waals surface area (Å²) in [6.07, 6.45) is 3.64. The molecular formula is C22H30N2O5. The highest BCUT2D eigenvalue weighted by Crippen LogP contribution is 2.38. The molecule has 5 atom stereocenters. The van der Waals surface area contributed by atoms with Crippen LogP contribution in [0.3, 0.4) is 0 Å². The predicted molar refractivity (Wildman–Crippen MR) is 106 cm³/mol. The Bertz CT molecular complexity index is 745. The number of aliphatic hydroxyl groups excluding tert-OH is 1. The molecule has 3 fully saturated rings. The zero-order chi connectivity index (χ0) is 19.8. The Labute approximate surface area is 171 Å². The van der Waals surface area contributed by atoms with Crippen LogP contribution < -0.4 is 14.8 Å². The van der Waals surface area contributed by atoms with E-state index in [4.69, 9.17) is 14.2 Å². The molecule has 3 aliphatic heterocycles. The second kappa shape index (κ2) is 8.13. The Morgan fingerprint density at radius 2 is 1.90 bits per heavy atom. The van der Waals surface area contributed by atoms with Gasteiger partial charge in [-0.15, -0.1) is 0 Å². The Morgan fingerprint density at radius 3 is 2.72 bits per heavy atom. The van der Waals surface area contributed by atoms with Gasteiger partial charge in [-0.1, -0.05) is 12.5 Å². The van der Waals surface area contributed by atoms with Crippen LogP contribution in [0.5, 0.6) is 11.5 Å². The number of carbonyl (C=O) groups is 1. The van der Waals surface area contributed by atoms with Gasteiger partial charge in [0.1, 0.15) is 19.3 Å². The average molecular weight is 402 g/mol. The minimum Gasteiger partial charge on any atom is -0.486 e. The summed E-state index contributed by atoms with van der Waals surface area (Å²) in [5, 5.41) is 13.9. The zero-order valence-corrected chi connectivity index (χ0v) is 16.7. The maximum Gasteiger partial charge on any atom is 0.255 e. The fourth-order valence-electron chi connectivity index (χ4n) is 5.43. The number of aliphatic hydroxyl groups is 1. The number of nitrogens with zero attached hydrogens (tertiary/aromatic N) is 1. The molecule has 1 saturated carbocycles. The number of nitrogens with one attached hydrogen (secondary N) is 1. The molecule has 1 aromatic carbocycles. The van der Waals surface area contributed by atoms with Gasteiger partial charge >= 0.3 is 0 Å². The summed E-state index contributed by atoms with van der Waals surface area (Å²) in [6, 6.07) is 4.99. The Kier molecular flexibility index (Phi) is 5.37. The molecule has 4 aliphatic rings. The quantitative estimate of drug-likeness (QED) is 0.793. The summed E-state index contributed by atoms with van der Waals surface area (Å²) < 4.78 is 17.1. The van der Waals surface area contributed by atoms with Crippen LogP contribution >= 0.6 is 0 Å². The fraction of sp³-hybridized carbons (Fsp3) is 0.682. The van der Waals surface area contributed by atoms with Crippen molar-refractivity contribution in [3.05, 3.63) is 23.8 Å². The van der Waals surface area contributed by atoms with E-state index >= 15 is 0 Å². The lowest BCUT2D eigenvalue weighted by Gasteiger charge is -2.37. The number of hydrogen-bond donors (Lipinski definition) is 2. The molecule has 5 rings (SSSR count). The number of likely N-dealkylation sites (tertiary alicyclic amines) is 1. The van der Waals surface area contributed by atoms with E-state index in [1.54, 1.807) is 18.2 Å². The maximum absolute atomic E-state index is 12.9. The van der Waals surface area contributed by atoms with Crippen LogP contribution in [0.2, 0.25) is 0 Å². The third-order valence-corrected chi connectivity index (χ3v) is 6.92. The number of benzene rings is 1. The normalized spacial score (nSPS) is 34.0. The number of fused-ring (bicyclic) bond motifs is 2. The molecule has 7 heteroatoms. The van der Waals surface area contributed by atoms with E-state index in [1.807, 2.05) is 0 Å². The Balaban J connectivity index is 1.22. The van der Waals surface area contributed by atoms with E-state index in [9.17, 15) is 9.90 Å². The molecule has 1 amide bonds. The monoisotopic (exact) mass is 402 g/mol. The second-order valence-corrected chi connectivity index (χ2v) is 8.77. The molecule has 3 heterocycles. The molecular weight excluding hydrogens is 372 g/mol. The predicted octanol–water partition coefficient (Wildman–Crippen LogP) is 1.44. The topological polar surface area (TPSA) is 80.3 Å². The first-order valence-electron chi connectivity index (χ1n) is 10.9. The van der Waals surface area contributed by atoms with Crippen molar-refractivity contribution in [2.24, 2.45) is 11.8 Å². The third kappa shape index (κ3) is 3.83. The minimum atomic E-state index is -0.718. The number of para-hydroxylation sites is 1.